The summed E-state index contributed by atoms with van der Waals surface area (Å²) < 4.78 is 12.3. The van der Waals surface area contributed by atoms with E-state index in [9.17, 15) is 0 Å². The second-order valence-electron chi connectivity index (χ2n) is 6.32. The smallest absolute Gasteiger partial charge is 0.399 e. The normalized spacial score (nSPS) is 20.8. The lowest BCUT2D eigenvalue weighted by Crippen LogP contribution is -2.41. The highest BCUT2D eigenvalue weighted by Crippen LogP contribution is 2.37. The molecular formula is C14H18BClN2O2. The van der Waals surface area contributed by atoms with Gasteiger partial charge in [0, 0.05) is 10.4 Å². The van der Waals surface area contributed by atoms with Gasteiger partial charge in [0.2, 0.25) is 0 Å². The van der Waals surface area contributed by atoms with Crippen molar-refractivity contribution in [3.63, 3.8) is 0 Å². The number of rotatable bonds is 1. The van der Waals surface area contributed by atoms with Crippen LogP contribution >= 0.6 is 11.6 Å². The number of fused-ring (bicyclic) bond motifs is 1. The summed E-state index contributed by atoms with van der Waals surface area (Å²) in [6.45, 7) is 10.1. The van der Waals surface area contributed by atoms with Gasteiger partial charge in [0.15, 0.2) is 0 Å². The third-order valence-electron chi connectivity index (χ3n) is 4.48. The maximum atomic E-state index is 6.31. The molecule has 3 rings (SSSR count). The maximum absolute atomic E-state index is 6.31. The molecule has 0 atom stereocenters. The second kappa shape index (κ2) is 4.23. The predicted octanol–water partition coefficient (Wildman–Crippen LogP) is 2.82. The Hall–Kier alpha value is -1.04. The van der Waals surface area contributed by atoms with E-state index in [0.29, 0.717) is 5.02 Å². The molecular weight excluding hydrogens is 274 g/mol. The molecule has 0 bridgehead atoms. The molecule has 1 aliphatic rings. The van der Waals surface area contributed by atoms with E-state index in [-0.39, 0.29) is 11.2 Å². The Kier molecular flexibility index (Phi) is 2.94. The summed E-state index contributed by atoms with van der Waals surface area (Å²) >= 11 is 6.31. The molecule has 1 aromatic carbocycles. The quantitative estimate of drug-likeness (QED) is 0.822. The zero-order chi connectivity index (χ0) is 14.7. The van der Waals surface area contributed by atoms with Crippen LogP contribution in [0.5, 0.6) is 0 Å². The van der Waals surface area contributed by atoms with Gasteiger partial charge < -0.3 is 9.31 Å². The van der Waals surface area contributed by atoms with E-state index >= 15 is 0 Å². The Labute approximate surface area is 123 Å². The largest absolute Gasteiger partial charge is 0.495 e. The monoisotopic (exact) mass is 292 g/mol. The number of nitrogens with zero attached hydrogens (tertiary/aromatic N) is 1. The Morgan fingerprint density at radius 3 is 2.40 bits per heavy atom. The molecule has 0 radical (unpaired) electrons. The summed E-state index contributed by atoms with van der Waals surface area (Å²) in [4.78, 5) is 0. The first kappa shape index (κ1) is 13.9. The number of benzene rings is 1. The van der Waals surface area contributed by atoms with Crippen LogP contribution < -0.4 is 5.46 Å². The molecule has 20 heavy (non-hydrogen) atoms. The van der Waals surface area contributed by atoms with Gasteiger partial charge in [-0.3, -0.25) is 5.10 Å². The van der Waals surface area contributed by atoms with Crippen LogP contribution in [0.1, 0.15) is 33.3 Å². The van der Waals surface area contributed by atoms with E-state index in [1.165, 1.54) is 0 Å². The first-order valence-electron chi connectivity index (χ1n) is 6.71. The van der Waals surface area contributed by atoms with E-state index in [2.05, 4.69) is 10.2 Å². The molecule has 106 valence electrons. The summed E-state index contributed by atoms with van der Waals surface area (Å²) in [6, 6.07) is 1.88. The van der Waals surface area contributed by atoms with Crippen LogP contribution in [-0.4, -0.2) is 28.5 Å². The molecule has 0 spiro atoms. The molecule has 0 saturated carbocycles. The molecule has 4 nitrogen and oxygen atoms in total. The van der Waals surface area contributed by atoms with Crippen molar-refractivity contribution < 1.29 is 9.31 Å². The number of aromatic nitrogens is 2. The molecule has 2 heterocycles. The number of hydrogen-bond donors (Lipinski definition) is 1. The topological polar surface area (TPSA) is 47.1 Å². The minimum absolute atomic E-state index is 0.373. The fourth-order valence-corrected chi connectivity index (χ4v) is 2.66. The molecule has 1 aliphatic heterocycles. The second-order valence-corrected chi connectivity index (χ2v) is 6.72. The van der Waals surface area contributed by atoms with Crippen molar-refractivity contribution in [2.24, 2.45) is 0 Å². The summed E-state index contributed by atoms with van der Waals surface area (Å²) in [7, 11) is -0.432. The zero-order valence-corrected chi connectivity index (χ0v) is 13.1. The standard InChI is InChI=1S/C14H18BClN2O2/c1-8-10(16)6-11-9(7-17-18-11)12(8)15-19-13(2,3)14(4,5)20-15/h6-7H,1-5H3,(H,17,18). The molecule has 1 N–H and O–H groups in total. The molecule has 0 unspecified atom stereocenters. The van der Waals surface area contributed by atoms with Crippen LogP contribution in [-0.2, 0) is 9.31 Å². The highest BCUT2D eigenvalue weighted by Gasteiger charge is 2.52. The van der Waals surface area contributed by atoms with Crippen molar-refractivity contribution in [1.82, 2.24) is 10.2 Å². The molecule has 6 heteroatoms. The third-order valence-corrected chi connectivity index (χ3v) is 4.87. The van der Waals surface area contributed by atoms with Crippen LogP contribution in [0.3, 0.4) is 0 Å². The summed E-state index contributed by atoms with van der Waals surface area (Å²) in [6.07, 6.45) is 1.79. The number of aromatic amines is 1. The van der Waals surface area contributed by atoms with Crippen molar-refractivity contribution in [2.45, 2.75) is 45.8 Å². The van der Waals surface area contributed by atoms with Gasteiger partial charge in [-0.05, 0) is 51.7 Å². The third kappa shape index (κ3) is 1.88. The average Bonchev–Trinajstić information content (AvgIpc) is 2.83. The van der Waals surface area contributed by atoms with Crippen molar-refractivity contribution in [1.29, 1.82) is 0 Å². The minimum Gasteiger partial charge on any atom is -0.399 e. The highest BCUT2D eigenvalue weighted by molar-refractivity contribution is 6.66. The summed E-state index contributed by atoms with van der Waals surface area (Å²) in [5, 5.41) is 8.72. The maximum Gasteiger partial charge on any atom is 0.495 e. The number of nitrogens with one attached hydrogen (secondary N) is 1. The molecule has 0 aliphatic carbocycles. The lowest BCUT2D eigenvalue weighted by molar-refractivity contribution is 0.00578. The van der Waals surface area contributed by atoms with Gasteiger partial charge in [-0.15, -0.1) is 0 Å². The Bertz CT molecular complexity index is 665. The first-order chi connectivity index (χ1) is 9.23. The van der Waals surface area contributed by atoms with Crippen molar-refractivity contribution in [3.05, 3.63) is 22.8 Å². The van der Waals surface area contributed by atoms with E-state index in [1.54, 1.807) is 6.20 Å². The van der Waals surface area contributed by atoms with Crippen molar-refractivity contribution in [2.75, 3.05) is 0 Å². The highest BCUT2D eigenvalue weighted by atomic mass is 35.5. The zero-order valence-electron chi connectivity index (χ0n) is 12.4. The Balaban J connectivity index is 2.16. The van der Waals surface area contributed by atoms with E-state index in [1.807, 2.05) is 40.7 Å². The lowest BCUT2D eigenvalue weighted by atomic mass is 9.74. The number of halogens is 1. The molecule has 2 aromatic rings. The minimum atomic E-state index is -0.432. The van der Waals surface area contributed by atoms with Gasteiger partial charge in [0.25, 0.3) is 0 Å². The summed E-state index contributed by atoms with van der Waals surface area (Å²) in [5.74, 6) is 0. The van der Waals surface area contributed by atoms with Crippen LogP contribution in [0.15, 0.2) is 12.3 Å². The average molecular weight is 293 g/mol. The molecule has 1 fully saturated rings. The fourth-order valence-electron chi connectivity index (χ4n) is 2.45. The van der Waals surface area contributed by atoms with Crippen LogP contribution in [0.2, 0.25) is 5.02 Å². The van der Waals surface area contributed by atoms with Crippen molar-refractivity contribution in [3.8, 4) is 0 Å². The van der Waals surface area contributed by atoms with Crippen LogP contribution in [0.25, 0.3) is 10.9 Å². The van der Waals surface area contributed by atoms with Gasteiger partial charge in [-0.1, -0.05) is 11.6 Å². The summed E-state index contributed by atoms with van der Waals surface area (Å²) in [5.41, 5.74) is 2.08. The van der Waals surface area contributed by atoms with Gasteiger partial charge in [0.05, 0.1) is 22.9 Å². The van der Waals surface area contributed by atoms with E-state index < -0.39 is 7.12 Å². The molecule has 1 saturated heterocycles. The number of hydrogen-bond acceptors (Lipinski definition) is 3. The van der Waals surface area contributed by atoms with Gasteiger partial charge >= 0.3 is 7.12 Å². The first-order valence-corrected chi connectivity index (χ1v) is 7.08. The Morgan fingerprint density at radius 2 is 1.80 bits per heavy atom. The number of H-pyrrole nitrogens is 1. The Morgan fingerprint density at radius 1 is 1.20 bits per heavy atom. The molecule has 0 amide bonds. The SMILES string of the molecule is Cc1c(Cl)cc2[nH]ncc2c1B1OC(C)(C)C(C)(C)O1. The van der Waals surface area contributed by atoms with Gasteiger partial charge in [-0.25, -0.2) is 0 Å². The fraction of sp³-hybridized carbons (Fsp3) is 0.500. The van der Waals surface area contributed by atoms with Crippen LogP contribution in [0.4, 0.5) is 0 Å². The van der Waals surface area contributed by atoms with Gasteiger partial charge in [0.1, 0.15) is 0 Å². The van der Waals surface area contributed by atoms with E-state index in [0.717, 1.165) is 21.9 Å². The molecule has 1 aromatic heterocycles. The van der Waals surface area contributed by atoms with Crippen molar-refractivity contribution >= 4 is 35.1 Å². The van der Waals surface area contributed by atoms with Gasteiger partial charge in [-0.2, -0.15) is 5.10 Å². The lowest BCUT2D eigenvalue weighted by Gasteiger charge is -2.32. The predicted molar refractivity (Wildman–Crippen MR) is 81.6 cm³/mol. The van der Waals surface area contributed by atoms with E-state index in [4.69, 9.17) is 20.9 Å². The van der Waals surface area contributed by atoms with Crippen LogP contribution in [0, 0.1) is 6.92 Å².